The van der Waals surface area contributed by atoms with Crippen LogP contribution in [0, 0.1) is 18.4 Å². The first-order valence-electron chi connectivity index (χ1n) is 14.5. The van der Waals surface area contributed by atoms with Gasteiger partial charge < -0.3 is 10.2 Å². The first kappa shape index (κ1) is 27.2. The highest BCUT2D eigenvalue weighted by Gasteiger charge is 2.39. The van der Waals surface area contributed by atoms with Gasteiger partial charge >= 0.3 is 0 Å². The molecule has 0 fully saturated rings. The molecule has 0 aromatic heterocycles. The zero-order valence-corrected chi connectivity index (χ0v) is 22.9. The fourth-order valence-corrected chi connectivity index (χ4v) is 6.09. The molecule has 4 rings (SSSR count). The monoisotopic (exact) mass is 496 g/mol. The first-order chi connectivity index (χ1) is 18.0. The van der Waals surface area contributed by atoms with E-state index in [2.05, 4.69) is 64.8 Å². The molecule has 3 heteroatoms. The topological polar surface area (TPSA) is 33.5 Å². The van der Waals surface area contributed by atoms with Gasteiger partial charge in [0.25, 0.3) is 0 Å². The highest BCUT2D eigenvalue weighted by molar-refractivity contribution is 5.75. The third-order valence-electron chi connectivity index (χ3n) is 8.26. The quantitative estimate of drug-likeness (QED) is 0.179. The lowest BCUT2D eigenvalue weighted by atomic mass is 9.62. The normalized spacial score (nSPS) is 21.2. The maximum Gasteiger partial charge on any atom is 0.227 e. The standard InChI is InChI=1S/C34H44N2O/c1-34(2,35-3)23-10-8-6-4-5-7-9-11-24-36-31(37)20-14-17-28-25-29-18-12-15-26-21-22-27-16-13-19-30(28)33(27)32(26)29/h12-13,15-16,18-19,21-22,25,32-33H,4-11,14,17,20,23-24H2,1-2H3,(H,36,37). The molecule has 0 spiro atoms. The lowest BCUT2D eigenvalue weighted by Crippen LogP contribution is -2.30. The number of hydrogen-bond acceptors (Lipinski definition) is 1. The van der Waals surface area contributed by atoms with Gasteiger partial charge in [0.1, 0.15) is 0 Å². The molecule has 1 N–H and O–H groups in total. The van der Waals surface area contributed by atoms with E-state index in [0.29, 0.717) is 18.3 Å². The Balaban J connectivity index is 1.08. The molecule has 0 heterocycles. The second-order valence-corrected chi connectivity index (χ2v) is 11.7. The van der Waals surface area contributed by atoms with E-state index < -0.39 is 0 Å². The van der Waals surface area contributed by atoms with Gasteiger partial charge in [-0.2, -0.15) is 0 Å². The SMILES string of the molecule is [C-]#[N+]C(C)(C)CCCCCCCCCCNC(=O)CCCC1=CC2=CC=CC3=CC=C4C=CC=C1C4C32. The molecule has 0 radical (unpaired) electrons. The minimum Gasteiger partial charge on any atom is -0.356 e. The number of nitrogens with one attached hydrogen (secondary N) is 1. The summed E-state index contributed by atoms with van der Waals surface area (Å²) in [6.07, 6.45) is 33.6. The third kappa shape index (κ3) is 7.35. The molecule has 4 aliphatic rings. The Morgan fingerprint density at radius 1 is 0.838 bits per heavy atom. The molecule has 4 aliphatic carbocycles. The van der Waals surface area contributed by atoms with Crippen molar-refractivity contribution in [1.82, 2.24) is 5.32 Å². The Hall–Kier alpha value is -2.86. The number of carbonyl (C=O) groups excluding carboxylic acids is 1. The number of carbonyl (C=O) groups is 1. The maximum absolute atomic E-state index is 12.4. The van der Waals surface area contributed by atoms with E-state index >= 15 is 0 Å². The van der Waals surface area contributed by atoms with E-state index in [4.69, 9.17) is 6.57 Å². The fourth-order valence-electron chi connectivity index (χ4n) is 6.09. The summed E-state index contributed by atoms with van der Waals surface area (Å²) in [5, 5.41) is 3.14. The molecule has 1 amide bonds. The number of unbranched alkanes of at least 4 members (excludes halogenated alkanes) is 7. The lowest BCUT2D eigenvalue weighted by Gasteiger charge is -2.41. The highest BCUT2D eigenvalue weighted by Crippen LogP contribution is 2.51. The summed E-state index contributed by atoms with van der Waals surface area (Å²) >= 11 is 0. The summed E-state index contributed by atoms with van der Waals surface area (Å²) in [7, 11) is 0. The van der Waals surface area contributed by atoms with Crippen LogP contribution in [0.15, 0.2) is 82.5 Å². The molecule has 0 saturated carbocycles. The van der Waals surface area contributed by atoms with Gasteiger partial charge in [-0.25, -0.2) is 6.57 Å². The average molecular weight is 497 g/mol. The highest BCUT2D eigenvalue weighted by atomic mass is 16.1. The number of rotatable bonds is 15. The molecular formula is C34H44N2O. The first-order valence-corrected chi connectivity index (χ1v) is 14.5. The summed E-state index contributed by atoms with van der Waals surface area (Å²) in [6, 6.07) is 0. The molecular weight excluding hydrogens is 452 g/mol. The van der Waals surface area contributed by atoms with Crippen LogP contribution in [0.3, 0.4) is 0 Å². The van der Waals surface area contributed by atoms with Crippen molar-refractivity contribution in [3.63, 3.8) is 0 Å². The van der Waals surface area contributed by atoms with Crippen LogP contribution in [-0.4, -0.2) is 18.0 Å². The molecule has 196 valence electrons. The van der Waals surface area contributed by atoms with Gasteiger partial charge in [-0.05, 0) is 53.5 Å². The van der Waals surface area contributed by atoms with Gasteiger partial charge in [0.05, 0.1) is 0 Å². The van der Waals surface area contributed by atoms with Gasteiger partial charge in [0, 0.05) is 45.1 Å². The minimum atomic E-state index is -0.185. The Morgan fingerprint density at radius 3 is 2.22 bits per heavy atom. The summed E-state index contributed by atoms with van der Waals surface area (Å²) in [5.41, 5.74) is 6.91. The van der Waals surface area contributed by atoms with Crippen LogP contribution >= 0.6 is 0 Å². The number of allylic oxidation sites excluding steroid dienone is 14. The van der Waals surface area contributed by atoms with Crippen LogP contribution in [0.1, 0.15) is 90.9 Å². The van der Waals surface area contributed by atoms with Gasteiger partial charge in [-0.3, -0.25) is 4.79 Å². The molecule has 3 nitrogen and oxygen atoms in total. The second kappa shape index (κ2) is 13.1. The fraction of sp³-hybridized carbons (Fsp3) is 0.529. The van der Waals surface area contributed by atoms with Gasteiger partial charge in [-0.15, -0.1) is 0 Å². The molecule has 0 aromatic rings. The summed E-state index contributed by atoms with van der Waals surface area (Å²) in [5.74, 6) is 1.08. The van der Waals surface area contributed by atoms with E-state index in [-0.39, 0.29) is 11.4 Å². The minimum absolute atomic E-state index is 0.185. The Morgan fingerprint density at radius 2 is 1.49 bits per heavy atom. The summed E-state index contributed by atoms with van der Waals surface area (Å²) in [6.45, 7) is 12.1. The van der Waals surface area contributed by atoms with Gasteiger partial charge in [-0.1, -0.05) is 93.2 Å². The van der Waals surface area contributed by atoms with Gasteiger partial charge in [0.15, 0.2) is 0 Å². The van der Waals surface area contributed by atoms with Crippen LogP contribution in [0.5, 0.6) is 0 Å². The van der Waals surface area contributed by atoms with E-state index in [1.54, 1.807) is 0 Å². The molecule has 0 bridgehead atoms. The van der Waals surface area contributed by atoms with Crippen LogP contribution < -0.4 is 5.32 Å². The van der Waals surface area contributed by atoms with E-state index in [0.717, 1.165) is 32.2 Å². The number of nitrogens with zero attached hydrogens (tertiary/aromatic N) is 1. The predicted molar refractivity (Wildman–Crippen MR) is 155 cm³/mol. The molecule has 2 unspecified atom stereocenters. The Labute approximate surface area is 224 Å². The third-order valence-corrected chi connectivity index (χ3v) is 8.26. The smallest absolute Gasteiger partial charge is 0.227 e. The largest absolute Gasteiger partial charge is 0.356 e. The van der Waals surface area contributed by atoms with Crippen molar-refractivity contribution >= 4 is 5.91 Å². The van der Waals surface area contributed by atoms with Crippen molar-refractivity contribution in [2.75, 3.05) is 6.54 Å². The molecule has 0 aromatic carbocycles. The van der Waals surface area contributed by atoms with Gasteiger partial charge in [0.2, 0.25) is 11.4 Å². The Kier molecular flexibility index (Phi) is 9.62. The zero-order chi connectivity index (χ0) is 26.1. The van der Waals surface area contributed by atoms with Crippen molar-refractivity contribution in [2.24, 2.45) is 11.8 Å². The van der Waals surface area contributed by atoms with Crippen molar-refractivity contribution in [3.05, 3.63) is 94.0 Å². The average Bonchev–Trinajstić information content (AvgIpc) is 2.90. The van der Waals surface area contributed by atoms with Crippen LogP contribution in [-0.2, 0) is 4.79 Å². The molecule has 37 heavy (non-hydrogen) atoms. The summed E-state index contributed by atoms with van der Waals surface area (Å²) < 4.78 is 0. The van der Waals surface area contributed by atoms with Crippen LogP contribution in [0.4, 0.5) is 0 Å². The molecule has 0 saturated heterocycles. The lowest BCUT2D eigenvalue weighted by molar-refractivity contribution is -0.121. The van der Waals surface area contributed by atoms with E-state index in [1.807, 2.05) is 13.8 Å². The van der Waals surface area contributed by atoms with Crippen molar-refractivity contribution in [2.45, 2.75) is 96.4 Å². The second-order valence-electron chi connectivity index (χ2n) is 11.7. The van der Waals surface area contributed by atoms with Crippen molar-refractivity contribution in [1.29, 1.82) is 0 Å². The molecule has 2 atom stereocenters. The predicted octanol–water partition coefficient (Wildman–Crippen LogP) is 8.51. The van der Waals surface area contributed by atoms with E-state index in [9.17, 15) is 4.79 Å². The van der Waals surface area contributed by atoms with E-state index in [1.165, 1.54) is 72.8 Å². The summed E-state index contributed by atoms with van der Waals surface area (Å²) in [4.78, 5) is 16.1. The zero-order valence-electron chi connectivity index (χ0n) is 22.9. The number of hydrogen-bond donors (Lipinski definition) is 1. The van der Waals surface area contributed by atoms with Crippen LogP contribution in [0.25, 0.3) is 4.85 Å². The maximum atomic E-state index is 12.4. The Bertz CT molecular complexity index is 1100. The molecule has 0 aliphatic heterocycles. The van der Waals surface area contributed by atoms with Crippen molar-refractivity contribution < 1.29 is 4.79 Å². The number of amides is 1. The van der Waals surface area contributed by atoms with Crippen LogP contribution in [0.2, 0.25) is 0 Å². The van der Waals surface area contributed by atoms with Crippen molar-refractivity contribution in [3.8, 4) is 0 Å².